The molecule has 5 heterocycles. The lowest BCUT2D eigenvalue weighted by Gasteiger charge is -2.47. The molecule has 0 radical (unpaired) electrons. The van der Waals surface area contributed by atoms with Crippen LogP contribution >= 0.6 is 0 Å². The van der Waals surface area contributed by atoms with Crippen LogP contribution in [0.25, 0.3) is 0 Å². The fraction of sp³-hybridized carbons (Fsp3) is 0.786. The predicted octanol–water partition coefficient (Wildman–Crippen LogP) is 3.99. The van der Waals surface area contributed by atoms with Crippen molar-refractivity contribution in [1.29, 1.82) is 0 Å². The lowest BCUT2D eigenvalue weighted by atomic mass is 9.71. The maximum absolute atomic E-state index is 12.5. The number of nitrogens with zero attached hydrogens (tertiary/aromatic N) is 3. The van der Waals surface area contributed by atoms with Crippen molar-refractivity contribution < 1.29 is 23.6 Å². The molecule has 4 aliphatic heterocycles. The molecule has 8 nitrogen and oxygen atoms in total. The zero-order valence-electron chi connectivity index (χ0n) is 24.4. The Hall–Kier alpha value is -1.84. The summed E-state index contributed by atoms with van der Waals surface area (Å²) in [6.45, 7) is 24.2. The molecule has 3 saturated heterocycles. The molecule has 1 aromatic heterocycles. The zero-order valence-corrected chi connectivity index (χ0v) is 24.4. The monoisotopic (exact) mass is 513 g/mol. The maximum atomic E-state index is 12.5. The fourth-order valence-electron chi connectivity index (χ4n) is 5.99. The van der Waals surface area contributed by atoms with Gasteiger partial charge in [0, 0.05) is 38.0 Å². The first-order valence-corrected chi connectivity index (χ1v) is 13.7. The van der Waals surface area contributed by atoms with Gasteiger partial charge >= 0.3 is 13.2 Å². The second-order valence-electron chi connectivity index (χ2n) is 14.2. The van der Waals surface area contributed by atoms with Crippen LogP contribution in [0.5, 0.6) is 0 Å². The number of anilines is 1. The summed E-state index contributed by atoms with van der Waals surface area (Å²) in [4.78, 5) is 22.0. The zero-order chi connectivity index (χ0) is 27.2. The summed E-state index contributed by atoms with van der Waals surface area (Å²) in [7, 11) is -0.465. The average Bonchev–Trinajstić information content (AvgIpc) is 3.23. The fourth-order valence-corrected chi connectivity index (χ4v) is 5.99. The molecule has 9 heteroatoms. The lowest BCUT2D eigenvalue weighted by Crippen LogP contribution is -2.60. The second kappa shape index (κ2) is 8.33. The van der Waals surface area contributed by atoms with Gasteiger partial charge in [-0.25, -0.2) is 9.78 Å². The van der Waals surface area contributed by atoms with Gasteiger partial charge in [-0.1, -0.05) is 0 Å². The Kier molecular flexibility index (Phi) is 6.02. The lowest BCUT2D eigenvalue weighted by molar-refractivity contribution is -0.0409. The quantitative estimate of drug-likeness (QED) is 0.554. The molecule has 1 aromatic rings. The number of aromatic nitrogens is 1. The van der Waals surface area contributed by atoms with Crippen molar-refractivity contribution in [3.8, 4) is 0 Å². The van der Waals surface area contributed by atoms with Crippen LogP contribution in [0, 0.1) is 12.3 Å². The van der Waals surface area contributed by atoms with Crippen molar-refractivity contribution in [2.75, 3.05) is 31.1 Å². The van der Waals surface area contributed by atoms with Crippen molar-refractivity contribution in [1.82, 2.24) is 9.88 Å². The Bertz CT molecular complexity index is 1090. The van der Waals surface area contributed by atoms with Gasteiger partial charge in [-0.05, 0) is 92.2 Å². The van der Waals surface area contributed by atoms with E-state index in [4.69, 9.17) is 23.8 Å². The van der Waals surface area contributed by atoms with Crippen molar-refractivity contribution >= 4 is 24.5 Å². The van der Waals surface area contributed by atoms with Gasteiger partial charge in [-0.2, -0.15) is 0 Å². The maximum Gasteiger partial charge on any atom is 0.495 e. The smallest absolute Gasteiger partial charge is 0.444 e. The van der Waals surface area contributed by atoms with Crippen LogP contribution < -0.4 is 10.4 Å². The van der Waals surface area contributed by atoms with E-state index >= 15 is 0 Å². The number of carbonyl (C=O) groups is 1. The number of rotatable bonds is 2. The SMILES string of the molecule is Cc1c(N2CCC3(CN(C(=O)OC(C)(C)C)C3)C2)nc2c(c1B1OC(C)(C)C(C)(C)O1)COC(C)(C)C2. The third kappa shape index (κ3) is 4.76. The van der Waals surface area contributed by atoms with Gasteiger partial charge in [0.15, 0.2) is 0 Å². The number of pyridine rings is 1. The summed E-state index contributed by atoms with van der Waals surface area (Å²) in [5.41, 5.74) is 2.84. The number of carbonyl (C=O) groups excluding carboxylic acids is 1. The van der Waals surface area contributed by atoms with Crippen molar-refractivity contribution in [3.05, 3.63) is 16.8 Å². The highest BCUT2D eigenvalue weighted by atomic mass is 16.7. The normalized spacial score (nSPS) is 25.3. The molecule has 37 heavy (non-hydrogen) atoms. The Morgan fingerprint density at radius 2 is 1.65 bits per heavy atom. The molecule has 0 aromatic carbocycles. The summed E-state index contributed by atoms with van der Waals surface area (Å²) >= 11 is 0. The molecule has 0 atom stereocenters. The van der Waals surface area contributed by atoms with Crippen LogP contribution in [0.4, 0.5) is 10.6 Å². The molecule has 0 unspecified atom stereocenters. The largest absolute Gasteiger partial charge is 0.495 e. The van der Waals surface area contributed by atoms with Crippen LogP contribution in [0.15, 0.2) is 0 Å². The summed E-state index contributed by atoms with van der Waals surface area (Å²) < 4.78 is 24.9. The molecule has 204 valence electrons. The molecule has 0 bridgehead atoms. The van der Waals surface area contributed by atoms with E-state index < -0.39 is 23.9 Å². The Morgan fingerprint density at radius 3 is 2.24 bits per heavy atom. The number of ether oxygens (including phenoxy) is 2. The first-order chi connectivity index (χ1) is 16.9. The molecular weight excluding hydrogens is 469 g/mol. The van der Waals surface area contributed by atoms with Gasteiger partial charge in [0.25, 0.3) is 0 Å². The minimum atomic E-state index is -0.479. The molecule has 0 N–H and O–H groups in total. The third-order valence-corrected chi connectivity index (χ3v) is 8.79. The molecule has 5 rings (SSSR count). The summed E-state index contributed by atoms with van der Waals surface area (Å²) in [5, 5.41) is 0. The van der Waals surface area contributed by atoms with Crippen LogP contribution in [-0.4, -0.2) is 71.7 Å². The highest BCUT2D eigenvalue weighted by Gasteiger charge is 2.54. The highest BCUT2D eigenvalue weighted by molar-refractivity contribution is 6.63. The number of amides is 1. The van der Waals surface area contributed by atoms with E-state index in [1.54, 1.807) is 0 Å². The van der Waals surface area contributed by atoms with E-state index in [1.165, 1.54) is 0 Å². The number of likely N-dealkylation sites (tertiary alicyclic amines) is 1. The number of fused-ring (bicyclic) bond motifs is 1. The number of hydrogen-bond donors (Lipinski definition) is 0. The topological polar surface area (TPSA) is 73.4 Å². The standard InChI is InChI=1S/C28H44BN3O5/c1-18-21(29-36-26(7,8)27(9,10)37-29)19-14-34-25(5,6)13-20(19)30-22(18)31-12-11-28(15-31)16-32(17-28)23(33)35-24(2,3)4/h11-17H2,1-10H3. The Balaban J connectivity index is 1.43. The van der Waals surface area contributed by atoms with Crippen LogP contribution in [0.1, 0.15) is 85.6 Å². The molecular formula is C28H44BN3O5. The molecule has 0 saturated carbocycles. The van der Waals surface area contributed by atoms with Gasteiger partial charge in [0.1, 0.15) is 11.4 Å². The molecule has 1 spiro atoms. The van der Waals surface area contributed by atoms with Gasteiger partial charge in [-0.15, -0.1) is 0 Å². The van der Waals surface area contributed by atoms with Crippen LogP contribution in [-0.2, 0) is 31.8 Å². The first-order valence-electron chi connectivity index (χ1n) is 13.7. The molecule has 3 fully saturated rings. The number of hydrogen-bond acceptors (Lipinski definition) is 7. The second-order valence-corrected chi connectivity index (χ2v) is 14.2. The predicted molar refractivity (Wildman–Crippen MR) is 144 cm³/mol. The van der Waals surface area contributed by atoms with Gasteiger partial charge in [0.2, 0.25) is 0 Å². The van der Waals surface area contributed by atoms with E-state index in [-0.39, 0.29) is 17.1 Å². The van der Waals surface area contributed by atoms with E-state index in [0.29, 0.717) is 6.61 Å². The van der Waals surface area contributed by atoms with Gasteiger partial charge < -0.3 is 28.6 Å². The van der Waals surface area contributed by atoms with Crippen molar-refractivity contribution in [3.63, 3.8) is 0 Å². The van der Waals surface area contributed by atoms with Crippen LogP contribution in [0.3, 0.4) is 0 Å². The van der Waals surface area contributed by atoms with Gasteiger partial charge in [-0.3, -0.25) is 0 Å². The third-order valence-electron chi connectivity index (χ3n) is 8.79. The summed E-state index contributed by atoms with van der Waals surface area (Å²) in [6.07, 6.45) is 1.56. The minimum Gasteiger partial charge on any atom is -0.444 e. The molecule has 1 amide bonds. The Morgan fingerprint density at radius 1 is 1.03 bits per heavy atom. The van der Waals surface area contributed by atoms with Crippen molar-refractivity contribution in [2.24, 2.45) is 5.41 Å². The van der Waals surface area contributed by atoms with E-state index in [2.05, 4.69) is 53.4 Å². The molecule has 0 aliphatic carbocycles. The minimum absolute atomic E-state index is 0.0911. The average molecular weight is 513 g/mol. The van der Waals surface area contributed by atoms with Gasteiger partial charge in [0.05, 0.1) is 29.1 Å². The van der Waals surface area contributed by atoms with E-state index in [9.17, 15) is 4.79 Å². The highest BCUT2D eigenvalue weighted by Crippen LogP contribution is 2.43. The Labute approximate surface area is 222 Å². The first kappa shape index (κ1) is 26.8. The van der Waals surface area contributed by atoms with E-state index in [1.807, 2.05) is 25.7 Å². The van der Waals surface area contributed by atoms with E-state index in [0.717, 1.165) is 67.1 Å². The van der Waals surface area contributed by atoms with Crippen LogP contribution in [0.2, 0.25) is 0 Å². The van der Waals surface area contributed by atoms with Crippen molar-refractivity contribution in [2.45, 2.75) is 111 Å². The molecule has 4 aliphatic rings. The summed E-state index contributed by atoms with van der Waals surface area (Å²) in [6, 6.07) is 0. The summed E-state index contributed by atoms with van der Waals surface area (Å²) in [5.74, 6) is 1.01.